The summed E-state index contributed by atoms with van der Waals surface area (Å²) in [7, 11) is 0. The van der Waals surface area contributed by atoms with Gasteiger partial charge in [-0.25, -0.2) is 0 Å². The number of fused-ring (bicyclic) bond motifs is 1. The summed E-state index contributed by atoms with van der Waals surface area (Å²) in [5.41, 5.74) is 3.63. The quantitative estimate of drug-likeness (QED) is 0.522. The fourth-order valence-corrected chi connectivity index (χ4v) is 2.86. The number of Topliss-reactive ketones (excluding diaryl/α,β-unsaturated/α-hetero) is 1. The van der Waals surface area contributed by atoms with Crippen LogP contribution in [0.25, 0.3) is 10.9 Å². The molecule has 1 aromatic heterocycles. The van der Waals surface area contributed by atoms with E-state index in [4.69, 9.17) is 4.74 Å². The van der Waals surface area contributed by atoms with Gasteiger partial charge in [0, 0.05) is 22.7 Å². The van der Waals surface area contributed by atoms with Crippen molar-refractivity contribution in [3.05, 3.63) is 71.4 Å². The van der Waals surface area contributed by atoms with Crippen molar-refractivity contribution in [1.82, 2.24) is 4.98 Å². The van der Waals surface area contributed by atoms with Gasteiger partial charge >= 0.3 is 5.97 Å². The molecule has 0 saturated heterocycles. The number of benzene rings is 2. The summed E-state index contributed by atoms with van der Waals surface area (Å²) in [6.45, 7) is 1.89. The van der Waals surface area contributed by atoms with Crippen molar-refractivity contribution in [2.24, 2.45) is 0 Å². The Morgan fingerprint density at radius 1 is 1.04 bits per heavy atom. The van der Waals surface area contributed by atoms with Gasteiger partial charge in [-0.15, -0.1) is 0 Å². The van der Waals surface area contributed by atoms with Crippen molar-refractivity contribution in [2.75, 3.05) is 6.61 Å². The second-order valence-corrected chi connectivity index (χ2v) is 6.07. The Morgan fingerprint density at radius 3 is 2.56 bits per heavy atom. The van der Waals surface area contributed by atoms with Gasteiger partial charge in [-0.05, 0) is 23.6 Å². The maximum Gasteiger partial charge on any atom is 0.310 e. The molecule has 0 saturated carbocycles. The molecular formula is C21H21NO3. The minimum atomic E-state index is -0.402. The third-order valence-electron chi connectivity index (χ3n) is 4.19. The number of ketones is 1. The molecule has 4 heteroatoms. The van der Waals surface area contributed by atoms with Gasteiger partial charge in [0.2, 0.25) is 0 Å². The van der Waals surface area contributed by atoms with Crippen molar-refractivity contribution in [1.29, 1.82) is 0 Å². The summed E-state index contributed by atoms with van der Waals surface area (Å²) >= 11 is 0. The molecule has 2 aromatic carbocycles. The van der Waals surface area contributed by atoms with E-state index in [2.05, 4.69) is 11.9 Å². The molecule has 0 fully saturated rings. The Hall–Kier alpha value is -2.88. The van der Waals surface area contributed by atoms with Crippen LogP contribution in [0, 0.1) is 0 Å². The molecule has 3 rings (SSSR count). The van der Waals surface area contributed by atoms with E-state index in [1.165, 1.54) is 5.56 Å². The Balaban J connectivity index is 1.55. The van der Waals surface area contributed by atoms with Crippen LogP contribution < -0.4 is 0 Å². The van der Waals surface area contributed by atoms with Crippen LogP contribution in [0.3, 0.4) is 0 Å². The van der Waals surface area contributed by atoms with Crippen molar-refractivity contribution in [2.45, 2.75) is 26.2 Å². The number of aromatic nitrogens is 1. The van der Waals surface area contributed by atoms with Gasteiger partial charge in [-0.2, -0.15) is 0 Å². The molecule has 0 aliphatic rings. The number of carbonyl (C=O) groups excluding carboxylic acids is 2. The van der Waals surface area contributed by atoms with E-state index >= 15 is 0 Å². The number of para-hydroxylation sites is 1. The van der Waals surface area contributed by atoms with Crippen LogP contribution in [0.5, 0.6) is 0 Å². The SMILES string of the molecule is CCCc1ccc(C(=O)COC(=O)Cc2c[nH]c3ccccc23)cc1. The van der Waals surface area contributed by atoms with Crippen molar-refractivity contribution in [3.8, 4) is 0 Å². The van der Waals surface area contributed by atoms with Gasteiger partial charge in [-0.1, -0.05) is 55.8 Å². The number of aromatic amines is 1. The third-order valence-corrected chi connectivity index (χ3v) is 4.19. The van der Waals surface area contributed by atoms with Gasteiger partial charge in [-0.3, -0.25) is 9.59 Å². The molecule has 3 aromatic rings. The number of carbonyl (C=O) groups is 2. The second-order valence-electron chi connectivity index (χ2n) is 6.07. The minimum Gasteiger partial charge on any atom is -0.457 e. The summed E-state index contributed by atoms with van der Waals surface area (Å²) < 4.78 is 5.16. The number of ether oxygens (including phenoxy) is 1. The summed E-state index contributed by atoms with van der Waals surface area (Å²) in [4.78, 5) is 27.3. The maximum absolute atomic E-state index is 12.1. The van der Waals surface area contributed by atoms with Gasteiger partial charge < -0.3 is 9.72 Å². The number of nitrogens with one attached hydrogen (secondary N) is 1. The molecule has 0 amide bonds. The summed E-state index contributed by atoms with van der Waals surface area (Å²) in [6, 6.07) is 15.3. The first-order valence-electron chi connectivity index (χ1n) is 8.50. The Morgan fingerprint density at radius 2 is 1.80 bits per heavy atom. The highest BCUT2D eigenvalue weighted by molar-refractivity contribution is 5.98. The van der Waals surface area contributed by atoms with E-state index in [-0.39, 0.29) is 18.8 Å². The minimum absolute atomic E-state index is 0.146. The van der Waals surface area contributed by atoms with E-state index in [1.54, 1.807) is 18.3 Å². The van der Waals surface area contributed by atoms with Crippen LogP contribution in [0.15, 0.2) is 54.7 Å². The van der Waals surface area contributed by atoms with Gasteiger partial charge in [0.15, 0.2) is 12.4 Å². The normalized spacial score (nSPS) is 10.8. The van der Waals surface area contributed by atoms with E-state index in [0.717, 1.165) is 29.3 Å². The number of rotatable bonds is 7. The smallest absolute Gasteiger partial charge is 0.310 e. The van der Waals surface area contributed by atoms with E-state index in [1.807, 2.05) is 36.4 Å². The Kier molecular flexibility index (Phi) is 5.29. The zero-order valence-electron chi connectivity index (χ0n) is 14.2. The first kappa shape index (κ1) is 17.0. The predicted octanol–water partition coefficient (Wildman–Crippen LogP) is 4.09. The highest BCUT2D eigenvalue weighted by atomic mass is 16.5. The van der Waals surface area contributed by atoms with Crippen LogP contribution in [0.1, 0.15) is 34.8 Å². The van der Waals surface area contributed by atoms with Crippen molar-refractivity contribution < 1.29 is 14.3 Å². The summed E-state index contributed by atoms with van der Waals surface area (Å²) in [5, 5.41) is 0.997. The average Bonchev–Trinajstić information content (AvgIpc) is 3.04. The van der Waals surface area contributed by atoms with E-state index in [0.29, 0.717) is 5.56 Å². The molecule has 1 N–H and O–H groups in total. The van der Waals surface area contributed by atoms with E-state index in [9.17, 15) is 9.59 Å². The van der Waals surface area contributed by atoms with Crippen LogP contribution in [-0.2, 0) is 22.4 Å². The van der Waals surface area contributed by atoms with Crippen LogP contribution in [0.4, 0.5) is 0 Å². The van der Waals surface area contributed by atoms with Crippen LogP contribution in [-0.4, -0.2) is 23.3 Å². The standard InChI is InChI=1S/C21H21NO3/c1-2-5-15-8-10-16(11-9-15)20(23)14-25-21(24)12-17-13-22-19-7-4-3-6-18(17)19/h3-4,6-11,13,22H,2,5,12,14H2,1H3. The molecular weight excluding hydrogens is 314 g/mol. The molecule has 0 spiro atoms. The molecule has 1 heterocycles. The highest BCUT2D eigenvalue weighted by Crippen LogP contribution is 2.18. The van der Waals surface area contributed by atoms with Crippen molar-refractivity contribution >= 4 is 22.7 Å². The number of H-pyrrole nitrogens is 1. The number of aryl methyl sites for hydroxylation is 1. The zero-order chi connectivity index (χ0) is 17.6. The number of hydrogen-bond acceptors (Lipinski definition) is 3. The van der Waals surface area contributed by atoms with Crippen LogP contribution >= 0.6 is 0 Å². The lowest BCUT2D eigenvalue weighted by Crippen LogP contribution is -2.15. The topological polar surface area (TPSA) is 59.2 Å². The lowest BCUT2D eigenvalue weighted by atomic mass is 10.1. The summed E-state index contributed by atoms with van der Waals surface area (Å²) in [5.74, 6) is -0.587. The fraction of sp³-hybridized carbons (Fsp3) is 0.238. The second kappa shape index (κ2) is 7.79. The lowest BCUT2D eigenvalue weighted by molar-refractivity contribution is -0.141. The molecule has 0 radical (unpaired) electrons. The van der Waals surface area contributed by atoms with Gasteiger partial charge in [0.1, 0.15) is 0 Å². The molecule has 128 valence electrons. The molecule has 0 bridgehead atoms. The van der Waals surface area contributed by atoms with E-state index < -0.39 is 5.97 Å². The largest absolute Gasteiger partial charge is 0.457 e. The average molecular weight is 335 g/mol. The van der Waals surface area contributed by atoms with Crippen molar-refractivity contribution in [3.63, 3.8) is 0 Å². The first-order valence-corrected chi connectivity index (χ1v) is 8.50. The van der Waals surface area contributed by atoms with Crippen LogP contribution in [0.2, 0.25) is 0 Å². The number of esters is 1. The molecule has 0 aliphatic heterocycles. The first-order chi connectivity index (χ1) is 12.2. The molecule has 0 unspecified atom stereocenters. The molecule has 0 atom stereocenters. The van der Waals surface area contributed by atoms with Gasteiger partial charge in [0.05, 0.1) is 6.42 Å². The molecule has 4 nitrogen and oxygen atoms in total. The lowest BCUT2D eigenvalue weighted by Gasteiger charge is -2.05. The van der Waals surface area contributed by atoms with Gasteiger partial charge in [0.25, 0.3) is 0 Å². The monoisotopic (exact) mass is 335 g/mol. The maximum atomic E-state index is 12.1. The Labute approximate surface area is 146 Å². The molecule has 25 heavy (non-hydrogen) atoms. The number of hydrogen-bond donors (Lipinski definition) is 1. The predicted molar refractivity (Wildman–Crippen MR) is 97.7 cm³/mol. The third kappa shape index (κ3) is 4.15. The fourth-order valence-electron chi connectivity index (χ4n) is 2.86. The molecule has 0 aliphatic carbocycles. The summed E-state index contributed by atoms with van der Waals surface area (Å²) in [6.07, 6.45) is 4.01. The Bertz CT molecular complexity index is 878. The zero-order valence-corrected chi connectivity index (χ0v) is 14.2. The highest BCUT2D eigenvalue weighted by Gasteiger charge is 2.13.